The molecule has 0 fully saturated rings. The normalized spacial score (nSPS) is 11.5. The van der Waals surface area contributed by atoms with Crippen LogP contribution in [0.2, 0.25) is 0 Å². The molecule has 0 aliphatic carbocycles. The molecule has 0 radical (unpaired) electrons. The van der Waals surface area contributed by atoms with Crippen LogP contribution in [0.1, 0.15) is 5.56 Å². The summed E-state index contributed by atoms with van der Waals surface area (Å²) >= 11 is 1.62. The van der Waals surface area contributed by atoms with Crippen LogP contribution in [-0.4, -0.2) is 25.4 Å². The van der Waals surface area contributed by atoms with Crippen molar-refractivity contribution in [3.05, 3.63) is 60.2 Å². The first-order valence-electron chi connectivity index (χ1n) is 6.79. The summed E-state index contributed by atoms with van der Waals surface area (Å²) < 4.78 is 4.35. The Morgan fingerprint density at radius 2 is 1.62 bits per heavy atom. The fourth-order valence-corrected chi connectivity index (χ4v) is 3.18. The molecule has 0 saturated heterocycles. The maximum Gasteiger partial charge on any atom is 0.237 e. The Hall–Kier alpha value is -2.27. The summed E-state index contributed by atoms with van der Waals surface area (Å²) in [6.07, 6.45) is 2.03. The topological polar surface area (TPSA) is 35.1 Å². The molecule has 0 aliphatic heterocycles. The number of benzene rings is 2. The quantitative estimate of drug-likeness (QED) is 0.543. The van der Waals surface area contributed by atoms with Crippen molar-refractivity contribution in [3.8, 4) is 0 Å². The lowest BCUT2D eigenvalue weighted by Gasteiger charge is -2.04. The van der Waals surface area contributed by atoms with Crippen LogP contribution in [0, 0.1) is 0 Å². The van der Waals surface area contributed by atoms with Crippen LogP contribution < -0.4 is 0 Å². The van der Waals surface area contributed by atoms with Crippen molar-refractivity contribution >= 4 is 28.6 Å². The van der Waals surface area contributed by atoms with Crippen molar-refractivity contribution in [2.75, 3.05) is 6.26 Å². The molecule has 0 saturated carbocycles. The fourth-order valence-electron chi connectivity index (χ4n) is 2.69. The third-order valence-corrected chi connectivity index (χ3v) is 4.27. The third-order valence-electron chi connectivity index (χ3n) is 3.64. The Morgan fingerprint density at radius 1 is 0.905 bits per heavy atom. The van der Waals surface area contributed by atoms with E-state index in [1.54, 1.807) is 11.8 Å². The summed E-state index contributed by atoms with van der Waals surface area (Å²) in [7, 11) is 0. The average Bonchev–Trinajstić information content (AvgIpc) is 3.08. The summed E-state index contributed by atoms with van der Waals surface area (Å²) in [5, 5.41) is 9.58. The van der Waals surface area contributed by atoms with Gasteiger partial charge < -0.3 is 4.57 Å². The van der Waals surface area contributed by atoms with E-state index in [4.69, 9.17) is 0 Å². The standard InChI is InChI=1S/C16H14N4S/c1-21-16-18-17-15-19(11-12-7-3-2-4-8-12)13-9-5-6-10-14(13)20(15)16/h2-10H,11H2,1H3. The molecule has 0 aliphatic rings. The molecule has 2 aromatic heterocycles. The Labute approximate surface area is 126 Å². The van der Waals surface area contributed by atoms with Gasteiger partial charge in [0.15, 0.2) is 5.16 Å². The number of imidazole rings is 1. The van der Waals surface area contributed by atoms with E-state index in [-0.39, 0.29) is 0 Å². The predicted molar refractivity (Wildman–Crippen MR) is 85.8 cm³/mol. The molecular formula is C16H14N4S. The van der Waals surface area contributed by atoms with Gasteiger partial charge >= 0.3 is 0 Å². The highest BCUT2D eigenvalue weighted by molar-refractivity contribution is 7.98. The van der Waals surface area contributed by atoms with E-state index in [0.717, 1.165) is 23.0 Å². The summed E-state index contributed by atoms with van der Waals surface area (Å²) in [5.74, 6) is 0.893. The van der Waals surface area contributed by atoms with E-state index in [0.29, 0.717) is 0 Å². The number of hydrogen-bond donors (Lipinski definition) is 0. The zero-order valence-electron chi connectivity index (χ0n) is 11.6. The van der Waals surface area contributed by atoms with Crippen LogP contribution in [0.4, 0.5) is 0 Å². The molecule has 21 heavy (non-hydrogen) atoms. The maximum absolute atomic E-state index is 4.38. The zero-order valence-corrected chi connectivity index (χ0v) is 12.4. The molecule has 0 unspecified atom stereocenters. The van der Waals surface area contributed by atoms with Gasteiger partial charge in [-0.3, -0.25) is 4.40 Å². The second-order valence-electron chi connectivity index (χ2n) is 4.88. The molecule has 4 rings (SSSR count). The smallest absolute Gasteiger partial charge is 0.237 e. The summed E-state index contributed by atoms with van der Waals surface area (Å²) in [4.78, 5) is 0. The molecular weight excluding hydrogens is 280 g/mol. The van der Waals surface area contributed by atoms with Crippen LogP contribution in [0.5, 0.6) is 0 Å². The van der Waals surface area contributed by atoms with Gasteiger partial charge in [-0.25, -0.2) is 0 Å². The van der Waals surface area contributed by atoms with Gasteiger partial charge in [-0.05, 0) is 24.0 Å². The summed E-state index contributed by atoms with van der Waals surface area (Å²) in [6.45, 7) is 0.796. The van der Waals surface area contributed by atoms with Crippen molar-refractivity contribution in [2.45, 2.75) is 11.7 Å². The van der Waals surface area contributed by atoms with E-state index in [1.807, 2.05) is 12.3 Å². The lowest BCUT2D eigenvalue weighted by molar-refractivity contribution is 0.839. The third kappa shape index (κ3) is 1.93. The van der Waals surface area contributed by atoms with Gasteiger partial charge in [0.25, 0.3) is 0 Å². The molecule has 0 N–H and O–H groups in total. The van der Waals surface area contributed by atoms with Crippen molar-refractivity contribution in [2.24, 2.45) is 0 Å². The number of hydrogen-bond acceptors (Lipinski definition) is 3. The largest absolute Gasteiger partial charge is 0.304 e. The highest BCUT2D eigenvalue weighted by Crippen LogP contribution is 2.25. The predicted octanol–water partition coefficient (Wildman–Crippen LogP) is 3.45. The van der Waals surface area contributed by atoms with E-state index >= 15 is 0 Å². The second-order valence-corrected chi connectivity index (χ2v) is 5.66. The first-order chi connectivity index (χ1) is 10.4. The number of thioether (sulfide) groups is 1. The van der Waals surface area contributed by atoms with Gasteiger partial charge in [-0.15, -0.1) is 10.2 Å². The molecule has 5 heteroatoms. The van der Waals surface area contributed by atoms with Crippen molar-refractivity contribution in [1.82, 2.24) is 19.2 Å². The van der Waals surface area contributed by atoms with Gasteiger partial charge in [0.05, 0.1) is 17.6 Å². The minimum atomic E-state index is 0.796. The minimum Gasteiger partial charge on any atom is -0.304 e. The van der Waals surface area contributed by atoms with E-state index in [2.05, 4.69) is 67.7 Å². The van der Waals surface area contributed by atoms with E-state index in [9.17, 15) is 0 Å². The first-order valence-corrected chi connectivity index (χ1v) is 8.01. The van der Waals surface area contributed by atoms with Crippen LogP contribution in [0.25, 0.3) is 16.8 Å². The molecule has 0 bridgehead atoms. The van der Waals surface area contributed by atoms with E-state index in [1.165, 1.54) is 11.1 Å². The molecule has 2 aromatic carbocycles. The van der Waals surface area contributed by atoms with Crippen molar-refractivity contribution < 1.29 is 0 Å². The van der Waals surface area contributed by atoms with Gasteiger partial charge in [0, 0.05) is 0 Å². The lowest BCUT2D eigenvalue weighted by Crippen LogP contribution is -2.00. The number of fused-ring (bicyclic) bond motifs is 3. The molecule has 0 spiro atoms. The fraction of sp³-hybridized carbons (Fsp3) is 0.125. The Morgan fingerprint density at radius 3 is 2.38 bits per heavy atom. The maximum atomic E-state index is 4.38. The minimum absolute atomic E-state index is 0.796. The first kappa shape index (κ1) is 12.5. The van der Waals surface area contributed by atoms with Crippen LogP contribution in [0.15, 0.2) is 59.8 Å². The van der Waals surface area contributed by atoms with Crippen molar-refractivity contribution in [1.29, 1.82) is 0 Å². The molecule has 2 heterocycles. The molecule has 4 nitrogen and oxygen atoms in total. The van der Waals surface area contributed by atoms with Gasteiger partial charge in [0.1, 0.15) is 0 Å². The lowest BCUT2D eigenvalue weighted by atomic mass is 10.2. The second kappa shape index (κ2) is 4.93. The van der Waals surface area contributed by atoms with Gasteiger partial charge in [0.2, 0.25) is 5.78 Å². The Balaban J connectivity index is 1.99. The monoisotopic (exact) mass is 294 g/mol. The number of nitrogens with zero attached hydrogens (tertiary/aromatic N) is 4. The molecule has 4 aromatic rings. The number of aromatic nitrogens is 4. The molecule has 0 atom stereocenters. The zero-order chi connectivity index (χ0) is 14.2. The number of para-hydroxylation sites is 2. The highest BCUT2D eigenvalue weighted by Gasteiger charge is 2.15. The summed E-state index contributed by atoms with van der Waals surface area (Å²) in [6, 6.07) is 18.8. The van der Waals surface area contributed by atoms with Crippen LogP contribution in [-0.2, 0) is 6.54 Å². The van der Waals surface area contributed by atoms with Gasteiger partial charge in [-0.2, -0.15) is 0 Å². The van der Waals surface area contributed by atoms with Crippen LogP contribution >= 0.6 is 11.8 Å². The molecule has 0 amide bonds. The number of rotatable bonds is 3. The Kier molecular flexibility index (Phi) is 2.93. The highest BCUT2D eigenvalue weighted by atomic mass is 32.2. The Bertz CT molecular complexity index is 908. The van der Waals surface area contributed by atoms with Gasteiger partial charge in [-0.1, -0.05) is 54.2 Å². The van der Waals surface area contributed by atoms with Crippen LogP contribution in [0.3, 0.4) is 0 Å². The summed E-state index contributed by atoms with van der Waals surface area (Å²) in [5.41, 5.74) is 3.59. The molecule has 104 valence electrons. The SMILES string of the molecule is CSc1nnc2n(Cc3ccccc3)c3ccccc3n12. The van der Waals surface area contributed by atoms with Crippen molar-refractivity contribution in [3.63, 3.8) is 0 Å². The average molecular weight is 294 g/mol. The van der Waals surface area contributed by atoms with E-state index < -0.39 is 0 Å².